The number of hydrogen-bond donors (Lipinski definition) is 0. The van der Waals surface area contributed by atoms with Crippen molar-refractivity contribution >= 4 is 28.5 Å². The predicted molar refractivity (Wildman–Crippen MR) is 72.8 cm³/mol. The summed E-state index contributed by atoms with van der Waals surface area (Å²) in [6.45, 7) is 1.59. The van der Waals surface area contributed by atoms with Gasteiger partial charge in [-0.3, -0.25) is 14.6 Å². The minimum atomic E-state index is -4.54. The van der Waals surface area contributed by atoms with Crippen LogP contribution in [0.25, 0.3) is 0 Å². The molecule has 2 heterocycles. The highest BCUT2D eigenvalue weighted by Gasteiger charge is 2.39. The number of carbonyl (C=O) groups excluding carboxylic acids is 2. The van der Waals surface area contributed by atoms with E-state index in [-0.39, 0.29) is 35.6 Å². The fourth-order valence-corrected chi connectivity index (χ4v) is 2.90. The van der Waals surface area contributed by atoms with E-state index in [1.807, 2.05) is 0 Å². The summed E-state index contributed by atoms with van der Waals surface area (Å²) >= 11 is 1.08. The Kier molecular flexibility index (Phi) is 4.55. The maximum Gasteiger partial charge on any atom is 0.418 e. The average molecular weight is 318 g/mol. The van der Waals surface area contributed by atoms with Gasteiger partial charge in [0.25, 0.3) is 0 Å². The fraction of sp³-hybridized carbons (Fsp3) is 0.462. The van der Waals surface area contributed by atoms with Crippen molar-refractivity contribution in [2.24, 2.45) is 5.92 Å². The molecule has 21 heavy (non-hydrogen) atoms. The van der Waals surface area contributed by atoms with Crippen molar-refractivity contribution < 1.29 is 22.8 Å². The molecule has 1 fully saturated rings. The maximum absolute atomic E-state index is 13.0. The van der Waals surface area contributed by atoms with Crippen molar-refractivity contribution in [1.29, 1.82) is 0 Å². The Morgan fingerprint density at radius 1 is 1.52 bits per heavy atom. The van der Waals surface area contributed by atoms with Gasteiger partial charge in [0.05, 0.1) is 17.4 Å². The molecule has 1 atom stereocenters. The van der Waals surface area contributed by atoms with E-state index in [2.05, 4.69) is 4.98 Å². The largest absolute Gasteiger partial charge is 0.418 e. The molecule has 4 nitrogen and oxygen atoms in total. The molecule has 0 aliphatic carbocycles. The van der Waals surface area contributed by atoms with E-state index in [4.69, 9.17) is 0 Å². The first-order chi connectivity index (χ1) is 9.79. The van der Waals surface area contributed by atoms with Crippen LogP contribution in [0.3, 0.4) is 0 Å². The number of anilines is 1. The van der Waals surface area contributed by atoms with E-state index in [1.54, 1.807) is 0 Å². The molecule has 8 heteroatoms. The van der Waals surface area contributed by atoms with Crippen LogP contribution in [0.1, 0.15) is 18.9 Å². The van der Waals surface area contributed by atoms with Crippen molar-refractivity contribution in [3.05, 3.63) is 24.0 Å². The lowest BCUT2D eigenvalue weighted by atomic mass is 10.1. The van der Waals surface area contributed by atoms with Gasteiger partial charge in [-0.05, 0) is 12.0 Å². The number of halogens is 3. The summed E-state index contributed by atoms with van der Waals surface area (Å²) in [4.78, 5) is 27.7. The molecule has 0 N–H and O–H groups in total. The molecule has 1 aromatic heterocycles. The summed E-state index contributed by atoms with van der Waals surface area (Å²) in [5.74, 6) is -0.0746. The van der Waals surface area contributed by atoms with Crippen molar-refractivity contribution in [1.82, 2.24) is 4.98 Å². The van der Waals surface area contributed by atoms with Crippen molar-refractivity contribution in [2.45, 2.75) is 19.5 Å². The van der Waals surface area contributed by atoms with Gasteiger partial charge in [0.1, 0.15) is 0 Å². The Morgan fingerprint density at radius 3 is 2.86 bits per heavy atom. The van der Waals surface area contributed by atoms with E-state index in [0.717, 1.165) is 35.1 Å². The van der Waals surface area contributed by atoms with Gasteiger partial charge in [-0.2, -0.15) is 13.2 Å². The third-order valence-corrected chi connectivity index (χ3v) is 4.17. The lowest BCUT2D eigenvalue weighted by molar-refractivity contribution is -0.137. The molecule has 0 saturated carbocycles. The Balaban J connectivity index is 2.20. The molecule has 0 spiro atoms. The highest BCUT2D eigenvalue weighted by molar-refractivity contribution is 8.13. The summed E-state index contributed by atoms with van der Waals surface area (Å²) in [7, 11) is 0. The van der Waals surface area contributed by atoms with Gasteiger partial charge in [0.15, 0.2) is 5.12 Å². The Hall–Kier alpha value is -1.57. The number of amides is 1. The van der Waals surface area contributed by atoms with Crippen molar-refractivity contribution in [2.75, 3.05) is 17.2 Å². The first kappa shape index (κ1) is 15.8. The van der Waals surface area contributed by atoms with Crippen LogP contribution in [-0.2, 0) is 15.8 Å². The molecule has 1 unspecified atom stereocenters. The zero-order valence-electron chi connectivity index (χ0n) is 11.2. The minimum absolute atomic E-state index is 0.0711. The molecular formula is C13H13F3N2O2S. The quantitative estimate of drug-likeness (QED) is 0.860. The number of nitrogens with zero attached hydrogens (tertiary/aromatic N) is 2. The third kappa shape index (κ3) is 3.75. The van der Waals surface area contributed by atoms with E-state index in [1.165, 1.54) is 6.92 Å². The molecule has 1 amide bonds. The molecule has 1 aliphatic rings. The van der Waals surface area contributed by atoms with Gasteiger partial charge >= 0.3 is 6.18 Å². The zero-order chi connectivity index (χ0) is 15.6. The van der Waals surface area contributed by atoms with Crippen LogP contribution >= 0.6 is 11.8 Å². The Bertz CT molecular complexity index is 563. The van der Waals surface area contributed by atoms with Crippen LogP contribution in [-0.4, -0.2) is 28.3 Å². The van der Waals surface area contributed by atoms with Crippen LogP contribution in [0.5, 0.6) is 0 Å². The SMILES string of the molecule is CC(=O)SCC1CC(=O)N(c2cnccc2C(F)(F)F)C1. The van der Waals surface area contributed by atoms with Gasteiger partial charge in [0.2, 0.25) is 5.91 Å². The van der Waals surface area contributed by atoms with Crippen molar-refractivity contribution in [3.63, 3.8) is 0 Å². The molecule has 0 radical (unpaired) electrons. The number of thioether (sulfide) groups is 1. The highest BCUT2D eigenvalue weighted by atomic mass is 32.2. The molecule has 114 valence electrons. The van der Waals surface area contributed by atoms with Gasteiger partial charge in [0, 0.05) is 31.8 Å². The van der Waals surface area contributed by atoms with E-state index < -0.39 is 11.7 Å². The number of hydrogen-bond acceptors (Lipinski definition) is 4. The smallest absolute Gasteiger partial charge is 0.310 e. The molecule has 1 saturated heterocycles. The van der Waals surface area contributed by atoms with Gasteiger partial charge in [-0.1, -0.05) is 11.8 Å². The van der Waals surface area contributed by atoms with E-state index in [0.29, 0.717) is 5.75 Å². The summed E-state index contributed by atoms with van der Waals surface area (Å²) in [5.41, 5.74) is -1.09. The van der Waals surface area contributed by atoms with Crippen LogP contribution in [0.15, 0.2) is 18.5 Å². The maximum atomic E-state index is 13.0. The highest BCUT2D eigenvalue weighted by Crippen LogP contribution is 2.38. The lowest BCUT2D eigenvalue weighted by Gasteiger charge is -2.21. The van der Waals surface area contributed by atoms with Gasteiger partial charge < -0.3 is 4.90 Å². The zero-order valence-corrected chi connectivity index (χ0v) is 12.0. The van der Waals surface area contributed by atoms with Crippen LogP contribution < -0.4 is 4.90 Å². The Labute approximate surface area is 123 Å². The van der Waals surface area contributed by atoms with Crippen LogP contribution in [0.4, 0.5) is 18.9 Å². The normalized spacial score (nSPS) is 19.1. The third-order valence-electron chi connectivity index (χ3n) is 3.12. The summed E-state index contributed by atoms with van der Waals surface area (Å²) < 4.78 is 38.9. The van der Waals surface area contributed by atoms with Gasteiger partial charge in [-0.15, -0.1) is 0 Å². The molecule has 1 aromatic rings. The van der Waals surface area contributed by atoms with E-state index >= 15 is 0 Å². The van der Waals surface area contributed by atoms with E-state index in [9.17, 15) is 22.8 Å². The predicted octanol–water partition coefficient (Wildman–Crippen LogP) is 2.73. The second-order valence-electron chi connectivity index (χ2n) is 4.77. The van der Waals surface area contributed by atoms with Crippen molar-refractivity contribution in [3.8, 4) is 0 Å². The standard InChI is InChI=1S/C13H13F3N2O2S/c1-8(19)21-7-9-4-12(20)18(6-9)11-5-17-3-2-10(11)13(14,15)16/h2-3,5,9H,4,6-7H2,1H3. The molecule has 1 aliphatic heterocycles. The molecule has 0 bridgehead atoms. The number of rotatable bonds is 3. The molecule has 2 rings (SSSR count). The fourth-order valence-electron chi connectivity index (χ4n) is 2.20. The number of carbonyl (C=O) groups is 2. The van der Waals surface area contributed by atoms with Crippen LogP contribution in [0.2, 0.25) is 0 Å². The van der Waals surface area contributed by atoms with Crippen LogP contribution in [0, 0.1) is 5.92 Å². The monoisotopic (exact) mass is 318 g/mol. The first-order valence-electron chi connectivity index (χ1n) is 6.24. The number of aromatic nitrogens is 1. The topological polar surface area (TPSA) is 50.3 Å². The summed E-state index contributed by atoms with van der Waals surface area (Å²) in [6.07, 6.45) is -2.28. The number of pyridine rings is 1. The second kappa shape index (κ2) is 6.05. The summed E-state index contributed by atoms with van der Waals surface area (Å²) in [5, 5.41) is -0.0711. The first-order valence-corrected chi connectivity index (χ1v) is 7.22. The van der Waals surface area contributed by atoms with Gasteiger partial charge in [-0.25, -0.2) is 0 Å². The second-order valence-corrected chi connectivity index (χ2v) is 5.96. The minimum Gasteiger partial charge on any atom is -0.310 e. The number of alkyl halides is 3. The molecular weight excluding hydrogens is 305 g/mol. The summed E-state index contributed by atoms with van der Waals surface area (Å²) in [6, 6.07) is 0.861. The lowest BCUT2D eigenvalue weighted by Crippen LogP contribution is -2.27. The average Bonchev–Trinajstić information content (AvgIpc) is 2.76. The Morgan fingerprint density at radius 2 is 2.24 bits per heavy atom. The molecule has 0 aromatic carbocycles.